The lowest BCUT2D eigenvalue weighted by molar-refractivity contribution is 0.193. The van der Waals surface area contributed by atoms with Gasteiger partial charge in [-0.25, -0.2) is 0 Å². The van der Waals surface area contributed by atoms with Crippen LogP contribution >= 0.6 is 0 Å². The third-order valence-corrected chi connectivity index (χ3v) is 2.78. The highest BCUT2D eigenvalue weighted by Gasteiger charge is 2.24. The van der Waals surface area contributed by atoms with Crippen molar-refractivity contribution in [2.45, 2.75) is 33.9 Å². The Balaban J connectivity index is 2.13. The average Bonchev–Trinajstić information content (AvgIpc) is 2.45. The minimum atomic E-state index is 0.358. The lowest BCUT2D eigenvalue weighted by atomic mass is 9.96. The van der Waals surface area contributed by atoms with E-state index in [4.69, 9.17) is 5.73 Å². The fourth-order valence-corrected chi connectivity index (χ4v) is 2.30. The number of nitrogens with zero attached hydrogens (tertiary/aromatic N) is 1. The SMILES string of the molecule is CC(C)(C)CN1Cc2cccc(N)c2C1. The second kappa shape index (κ2) is 3.53. The average molecular weight is 204 g/mol. The Kier molecular flexibility index (Phi) is 2.47. The van der Waals surface area contributed by atoms with Crippen molar-refractivity contribution in [2.75, 3.05) is 12.3 Å². The maximum Gasteiger partial charge on any atom is 0.0363 e. The summed E-state index contributed by atoms with van der Waals surface area (Å²) < 4.78 is 0. The molecule has 0 radical (unpaired) electrons. The van der Waals surface area contributed by atoms with Crippen LogP contribution in [0.1, 0.15) is 31.9 Å². The van der Waals surface area contributed by atoms with Gasteiger partial charge in [0.2, 0.25) is 0 Å². The van der Waals surface area contributed by atoms with Gasteiger partial charge in [0.1, 0.15) is 0 Å². The van der Waals surface area contributed by atoms with E-state index in [1.807, 2.05) is 6.07 Å². The molecule has 1 aliphatic heterocycles. The van der Waals surface area contributed by atoms with Crippen LogP contribution in [-0.4, -0.2) is 11.4 Å². The van der Waals surface area contributed by atoms with Crippen molar-refractivity contribution in [1.82, 2.24) is 4.90 Å². The molecule has 2 N–H and O–H groups in total. The van der Waals surface area contributed by atoms with Gasteiger partial charge in [-0.15, -0.1) is 0 Å². The summed E-state index contributed by atoms with van der Waals surface area (Å²) >= 11 is 0. The number of fused-ring (bicyclic) bond motifs is 1. The lowest BCUT2D eigenvalue weighted by Crippen LogP contribution is -2.28. The van der Waals surface area contributed by atoms with Gasteiger partial charge in [0.15, 0.2) is 0 Å². The number of benzene rings is 1. The molecule has 0 aromatic heterocycles. The maximum atomic E-state index is 5.97. The molecule has 1 heterocycles. The fraction of sp³-hybridized carbons (Fsp3) is 0.538. The summed E-state index contributed by atoms with van der Waals surface area (Å²) in [7, 11) is 0. The lowest BCUT2D eigenvalue weighted by Gasteiger charge is -2.25. The molecule has 0 saturated carbocycles. The van der Waals surface area contributed by atoms with E-state index < -0.39 is 0 Å². The smallest absolute Gasteiger partial charge is 0.0363 e. The third-order valence-electron chi connectivity index (χ3n) is 2.78. The molecule has 1 aromatic carbocycles. The van der Waals surface area contributed by atoms with Gasteiger partial charge in [0.25, 0.3) is 0 Å². The van der Waals surface area contributed by atoms with Crippen molar-refractivity contribution in [3.63, 3.8) is 0 Å². The van der Waals surface area contributed by atoms with Crippen LogP contribution < -0.4 is 5.73 Å². The Hall–Kier alpha value is -1.02. The Morgan fingerprint density at radius 2 is 2.00 bits per heavy atom. The maximum absolute atomic E-state index is 5.97. The van der Waals surface area contributed by atoms with E-state index in [0.717, 1.165) is 25.3 Å². The van der Waals surface area contributed by atoms with E-state index in [1.165, 1.54) is 11.1 Å². The molecule has 2 heteroatoms. The summed E-state index contributed by atoms with van der Waals surface area (Å²) in [5, 5.41) is 0. The van der Waals surface area contributed by atoms with Gasteiger partial charge < -0.3 is 5.73 Å². The van der Waals surface area contributed by atoms with E-state index in [9.17, 15) is 0 Å². The number of anilines is 1. The van der Waals surface area contributed by atoms with Gasteiger partial charge in [0, 0.05) is 25.3 Å². The zero-order valence-electron chi connectivity index (χ0n) is 9.88. The predicted molar refractivity (Wildman–Crippen MR) is 64.4 cm³/mol. The molecule has 82 valence electrons. The molecule has 0 amide bonds. The molecule has 0 spiro atoms. The zero-order chi connectivity index (χ0) is 11.1. The zero-order valence-corrected chi connectivity index (χ0v) is 9.88. The van der Waals surface area contributed by atoms with Gasteiger partial charge >= 0.3 is 0 Å². The Bertz CT molecular complexity index is 363. The molecule has 0 saturated heterocycles. The van der Waals surface area contributed by atoms with Crippen LogP contribution in [0.2, 0.25) is 0 Å². The number of hydrogen-bond acceptors (Lipinski definition) is 2. The summed E-state index contributed by atoms with van der Waals surface area (Å²) in [6.45, 7) is 10.0. The third kappa shape index (κ3) is 2.32. The largest absolute Gasteiger partial charge is 0.398 e. The van der Waals surface area contributed by atoms with Gasteiger partial charge in [0.05, 0.1) is 0 Å². The van der Waals surface area contributed by atoms with Crippen molar-refractivity contribution >= 4 is 5.69 Å². The first-order valence-electron chi connectivity index (χ1n) is 5.54. The standard InChI is InChI=1S/C13H20N2/c1-13(2,3)9-15-7-10-5-4-6-12(14)11(10)8-15/h4-6H,7-9,14H2,1-3H3. The van der Waals surface area contributed by atoms with Crippen molar-refractivity contribution in [3.8, 4) is 0 Å². The molecular formula is C13H20N2. The fourth-order valence-electron chi connectivity index (χ4n) is 2.30. The van der Waals surface area contributed by atoms with E-state index in [0.29, 0.717) is 5.41 Å². The molecular weight excluding hydrogens is 184 g/mol. The highest BCUT2D eigenvalue weighted by atomic mass is 15.1. The van der Waals surface area contributed by atoms with Gasteiger partial charge in [-0.1, -0.05) is 32.9 Å². The van der Waals surface area contributed by atoms with Crippen LogP contribution in [0.4, 0.5) is 5.69 Å². The van der Waals surface area contributed by atoms with E-state index in [1.54, 1.807) is 0 Å². The summed E-state index contributed by atoms with van der Waals surface area (Å²) in [6.07, 6.45) is 0. The number of rotatable bonds is 1. The van der Waals surface area contributed by atoms with Crippen LogP contribution in [0.5, 0.6) is 0 Å². The first-order valence-corrected chi connectivity index (χ1v) is 5.54. The topological polar surface area (TPSA) is 29.3 Å². The summed E-state index contributed by atoms with van der Waals surface area (Å²) in [4.78, 5) is 2.47. The van der Waals surface area contributed by atoms with Crippen LogP contribution in [0.15, 0.2) is 18.2 Å². The summed E-state index contributed by atoms with van der Waals surface area (Å²) in [5.41, 5.74) is 10.0. The molecule has 2 rings (SSSR count). The molecule has 0 unspecified atom stereocenters. The van der Waals surface area contributed by atoms with Gasteiger partial charge in [-0.05, 0) is 22.6 Å². The number of nitrogens with two attached hydrogens (primary N) is 1. The van der Waals surface area contributed by atoms with E-state index >= 15 is 0 Å². The Labute approximate surface area is 92.1 Å². The van der Waals surface area contributed by atoms with Gasteiger partial charge in [-0.3, -0.25) is 4.90 Å². The highest BCUT2D eigenvalue weighted by Crippen LogP contribution is 2.29. The molecule has 1 aliphatic rings. The minimum absolute atomic E-state index is 0.358. The number of hydrogen-bond donors (Lipinski definition) is 1. The van der Waals surface area contributed by atoms with E-state index in [2.05, 4.69) is 37.8 Å². The molecule has 2 nitrogen and oxygen atoms in total. The summed E-state index contributed by atoms with van der Waals surface area (Å²) in [6, 6.07) is 6.24. The Morgan fingerprint density at radius 1 is 1.27 bits per heavy atom. The molecule has 0 bridgehead atoms. The van der Waals surface area contributed by atoms with Crippen molar-refractivity contribution < 1.29 is 0 Å². The van der Waals surface area contributed by atoms with Crippen LogP contribution in [0.25, 0.3) is 0 Å². The van der Waals surface area contributed by atoms with Crippen molar-refractivity contribution in [3.05, 3.63) is 29.3 Å². The second-order valence-electron chi connectivity index (χ2n) is 5.69. The van der Waals surface area contributed by atoms with Crippen molar-refractivity contribution in [1.29, 1.82) is 0 Å². The predicted octanol–water partition coefficient (Wildman–Crippen LogP) is 2.63. The first kappa shape index (κ1) is 10.5. The van der Waals surface area contributed by atoms with Crippen LogP contribution in [0.3, 0.4) is 0 Å². The number of nitrogen functional groups attached to an aromatic ring is 1. The molecule has 1 aromatic rings. The Morgan fingerprint density at radius 3 is 2.60 bits per heavy atom. The summed E-state index contributed by atoms with van der Waals surface area (Å²) in [5.74, 6) is 0. The molecule has 0 aliphatic carbocycles. The minimum Gasteiger partial charge on any atom is -0.398 e. The van der Waals surface area contributed by atoms with Crippen LogP contribution in [0, 0.1) is 5.41 Å². The molecule has 15 heavy (non-hydrogen) atoms. The van der Waals surface area contributed by atoms with Crippen LogP contribution in [-0.2, 0) is 13.1 Å². The quantitative estimate of drug-likeness (QED) is 0.712. The first-order chi connectivity index (χ1) is 6.96. The monoisotopic (exact) mass is 204 g/mol. The molecule has 0 atom stereocenters. The second-order valence-corrected chi connectivity index (χ2v) is 5.69. The normalized spacial score (nSPS) is 16.7. The van der Waals surface area contributed by atoms with Crippen molar-refractivity contribution in [2.24, 2.45) is 5.41 Å². The highest BCUT2D eigenvalue weighted by molar-refractivity contribution is 5.52. The van der Waals surface area contributed by atoms with E-state index in [-0.39, 0.29) is 0 Å². The molecule has 0 fully saturated rings. The van der Waals surface area contributed by atoms with Gasteiger partial charge in [-0.2, -0.15) is 0 Å².